The van der Waals surface area contributed by atoms with Crippen molar-refractivity contribution in [3.05, 3.63) is 83.2 Å². The lowest BCUT2D eigenvalue weighted by atomic mass is 10.0. The minimum absolute atomic E-state index is 0.00396. The molecule has 0 unspecified atom stereocenters. The van der Waals surface area contributed by atoms with Gasteiger partial charge in [0.25, 0.3) is 11.8 Å². The lowest BCUT2D eigenvalue weighted by Gasteiger charge is -2.40. The molecule has 2 amide bonds. The number of nitrogens with zero attached hydrogens (tertiary/aromatic N) is 2. The van der Waals surface area contributed by atoms with E-state index in [1.54, 1.807) is 0 Å². The Bertz CT molecular complexity index is 931. The Balaban J connectivity index is 0.00000172. The minimum atomic E-state index is -0.102. The second-order valence-corrected chi connectivity index (χ2v) is 8.08. The molecule has 0 bridgehead atoms. The van der Waals surface area contributed by atoms with Gasteiger partial charge in [0, 0.05) is 54.3 Å². The maximum Gasteiger partial charge on any atom is 0.254 e. The number of nitrogens with one attached hydrogen (secondary N) is 1. The average molecular weight is 472 g/mol. The molecule has 1 heterocycles. The van der Waals surface area contributed by atoms with Crippen molar-refractivity contribution in [1.82, 2.24) is 15.1 Å². The highest BCUT2D eigenvalue weighted by molar-refractivity contribution is 6.54. The topological polar surface area (TPSA) is 69.7 Å². The van der Waals surface area contributed by atoms with Crippen LogP contribution in [0.4, 0.5) is 0 Å². The molecule has 7 heteroatoms. The molecule has 1 aromatic rings. The summed E-state index contributed by atoms with van der Waals surface area (Å²) in [4.78, 5) is 38.1. The Hall–Kier alpha value is -3.12. The van der Waals surface area contributed by atoms with Gasteiger partial charge in [-0.05, 0) is 58.4 Å². The van der Waals surface area contributed by atoms with Crippen LogP contribution >= 0.6 is 11.6 Å². The molecule has 1 aliphatic rings. The number of piperazine rings is 1. The third-order valence-electron chi connectivity index (χ3n) is 5.34. The Morgan fingerprint density at radius 3 is 2.27 bits per heavy atom. The summed E-state index contributed by atoms with van der Waals surface area (Å²) in [6, 6.07) is 9.17. The van der Waals surface area contributed by atoms with Crippen LogP contribution in [0.25, 0.3) is 0 Å². The molecule has 0 aliphatic carbocycles. The first-order chi connectivity index (χ1) is 15.7. The van der Waals surface area contributed by atoms with Crippen LogP contribution in [-0.4, -0.2) is 53.0 Å². The van der Waals surface area contributed by atoms with Gasteiger partial charge >= 0.3 is 0 Å². The molecule has 0 aromatic heterocycles. The van der Waals surface area contributed by atoms with Gasteiger partial charge in [-0.25, -0.2) is 0 Å². The van der Waals surface area contributed by atoms with Gasteiger partial charge in [0.15, 0.2) is 0 Å². The maximum atomic E-state index is 13.2. The third kappa shape index (κ3) is 8.39. The van der Waals surface area contributed by atoms with Crippen molar-refractivity contribution in [2.75, 3.05) is 19.6 Å². The molecule has 1 aliphatic heterocycles. The molecule has 1 fully saturated rings. The van der Waals surface area contributed by atoms with Gasteiger partial charge in [-0.1, -0.05) is 42.5 Å². The van der Waals surface area contributed by atoms with E-state index in [0.717, 1.165) is 11.3 Å². The number of hydrogen-bond donors (Lipinski definition) is 1. The van der Waals surface area contributed by atoms with Gasteiger partial charge in [0.05, 0.1) is 0 Å². The number of hydrogen-bond acceptors (Lipinski definition) is 4. The summed E-state index contributed by atoms with van der Waals surface area (Å²) in [5.41, 5.74) is 4.08. The lowest BCUT2D eigenvalue weighted by molar-refractivity contribution is -0.130. The van der Waals surface area contributed by atoms with Gasteiger partial charge in [0.2, 0.25) is 5.75 Å². The fourth-order valence-corrected chi connectivity index (χ4v) is 3.25. The molecule has 1 atom stereocenters. The zero-order chi connectivity index (χ0) is 25.0. The molecule has 0 radical (unpaired) electrons. The normalized spacial score (nSPS) is 15.9. The molecular formula is C26H34ClN3O3. The van der Waals surface area contributed by atoms with Crippen LogP contribution in [0, 0.1) is 0 Å². The van der Waals surface area contributed by atoms with Crippen molar-refractivity contribution in [2.24, 2.45) is 0 Å². The molecule has 0 spiro atoms. The molecule has 0 saturated carbocycles. The van der Waals surface area contributed by atoms with E-state index in [4.69, 9.17) is 4.79 Å². The van der Waals surface area contributed by atoms with E-state index in [0.29, 0.717) is 30.8 Å². The number of allylic oxidation sites excluding steroid dienone is 4. The van der Waals surface area contributed by atoms with Crippen LogP contribution < -0.4 is 5.32 Å². The lowest BCUT2D eigenvalue weighted by Crippen LogP contribution is -2.55. The van der Waals surface area contributed by atoms with Gasteiger partial charge in [-0.3, -0.25) is 14.4 Å². The summed E-state index contributed by atoms with van der Waals surface area (Å²) in [7, 11) is 0. The first-order valence-electron chi connectivity index (χ1n) is 10.8. The number of amides is 2. The Labute approximate surface area is 202 Å². The van der Waals surface area contributed by atoms with Crippen molar-refractivity contribution >= 4 is 29.2 Å². The molecular weight excluding hydrogens is 438 g/mol. The minimum Gasteiger partial charge on any atom is -0.365 e. The van der Waals surface area contributed by atoms with Gasteiger partial charge in [-0.2, -0.15) is 0 Å². The number of carbonyl (C=O) groups is 3. The van der Waals surface area contributed by atoms with Crippen LogP contribution in [0.3, 0.4) is 0 Å². The van der Waals surface area contributed by atoms with E-state index in [2.05, 4.69) is 23.5 Å². The quantitative estimate of drug-likeness (QED) is 0.282. The number of carbonyl (C=O) groups excluding carboxylic acids is 3. The van der Waals surface area contributed by atoms with Crippen molar-refractivity contribution in [3.63, 3.8) is 0 Å². The molecule has 1 N–H and O–H groups in total. The Morgan fingerprint density at radius 2 is 1.76 bits per heavy atom. The monoisotopic (exact) mass is 471 g/mol. The smallest absolute Gasteiger partial charge is 0.254 e. The van der Waals surface area contributed by atoms with Crippen molar-refractivity contribution in [3.8, 4) is 0 Å². The van der Waals surface area contributed by atoms with E-state index in [9.17, 15) is 9.59 Å². The van der Waals surface area contributed by atoms with Crippen molar-refractivity contribution in [1.29, 1.82) is 0 Å². The Kier molecular flexibility index (Phi) is 11.9. The first kappa shape index (κ1) is 27.9. The van der Waals surface area contributed by atoms with Gasteiger partial charge in [-0.15, -0.1) is 0 Å². The van der Waals surface area contributed by atoms with Crippen molar-refractivity contribution in [2.45, 2.75) is 40.7 Å². The largest absolute Gasteiger partial charge is 0.365 e. The van der Waals surface area contributed by atoms with Crippen LogP contribution in [0.15, 0.2) is 77.7 Å². The molecule has 1 saturated heterocycles. The van der Waals surface area contributed by atoms with E-state index in [1.165, 1.54) is 5.57 Å². The van der Waals surface area contributed by atoms with Gasteiger partial charge < -0.3 is 15.1 Å². The highest BCUT2D eigenvalue weighted by atomic mass is 35.5. The summed E-state index contributed by atoms with van der Waals surface area (Å²) in [5, 5.41) is 3.24. The van der Waals surface area contributed by atoms with Crippen LogP contribution in [0.2, 0.25) is 0 Å². The molecule has 178 valence electrons. The van der Waals surface area contributed by atoms with E-state index in [-0.39, 0.29) is 23.6 Å². The molecule has 6 nitrogen and oxygen atoms in total. The summed E-state index contributed by atoms with van der Waals surface area (Å²) in [6.07, 6.45) is 5.59. The predicted octanol–water partition coefficient (Wildman–Crippen LogP) is 4.69. The SMILES string of the molecule is C=C(C(=O)N1CCN(C(=O)c2ccccc2)C[C@H]1C)C(/C=C/C)=C/NC(C)=C(C)C.O=CCl. The highest BCUT2D eigenvalue weighted by Crippen LogP contribution is 2.19. The second-order valence-electron chi connectivity index (χ2n) is 7.90. The molecule has 33 heavy (non-hydrogen) atoms. The molecule has 2 rings (SSSR count). The highest BCUT2D eigenvalue weighted by Gasteiger charge is 2.31. The van der Waals surface area contributed by atoms with E-state index in [1.807, 2.05) is 93.1 Å². The predicted molar refractivity (Wildman–Crippen MR) is 135 cm³/mol. The van der Waals surface area contributed by atoms with Crippen LogP contribution in [0.1, 0.15) is 45.0 Å². The first-order valence-corrected chi connectivity index (χ1v) is 11.2. The standard InChI is InChI=1S/C25H33N3O2.CHClO/c1-7-11-23(16-26-21(6)18(2)3)20(5)24(29)28-15-14-27(17-19(28)4)25(30)22-12-9-8-10-13-22;2-1-3/h7-13,16,19,26H,5,14-15,17H2,1-4,6H3;1H/b11-7+,23-16+;/t19-;/m1./s1. The zero-order valence-corrected chi connectivity index (χ0v) is 20.9. The number of rotatable bonds is 6. The third-order valence-corrected chi connectivity index (χ3v) is 5.34. The Morgan fingerprint density at radius 1 is 1.15 bits per heavy atom. The van der Waals surface area contributed by atoms with Crippen LogP contribution in [-0.2, 0) is 9.59 Å². The summed E-state index contributed by atoms with van der Waals surface area (Å²) >= 11 is 4.32. The summed E-state index contributed by atoms with van der Waals surface area (Å²) in [6.45, 7) is 15.5. The van der Waals surface area contributed by atoms with E-state index < -0.39 is 0 Å². The fourth-order valence-electron chi connectivity index (χ4n) is 3.25. The second kappa shape index (κ2) is 14.1. The van der Waals surface area contributed by atoms with Crippen molar-refractivity contribution < 1.29 is 14.4 Å². The summed E-state index contributed by atoms with van der Waals surface area (Å²) in [5.74, 6) is 0.125. The average Bonchev–Trinajstić information content (AvgIpc) is 2.81. The maximum absolute atomic E-state index is 13.2. The van der Waals surface area contributed by atoms with E-state index >= 15 is 0 Å². The fraction of sp³-hybridized carbons (Fsp3) is 0.346. The molecule has 1 aromatic carbocycles. The zero-order valence-electron chi connectivity index (χ0n) is 20.1. The number of benzene rings is 1. The number of halogens is 1. The van der Waals surface area contributed by atoms with Gasteiger partial charge in [0.1, 0.15) is 0 Å². The van der Waals surface area contributed by atoms with Crippen LogP contribution in [0.5, 0.6) is 0 Å². The summed E-state index contributed by atoms with van der Waals surface area (Å²) < 4.78 is 0.